The molecule has 0 radical (unpaired) electrons. The molecule has 5 amide bonds. The zero-order chi connectivity index (χ0) is 38.7. The molecular formula is C38H47N7O7S2. The highest BCUT2D eigenvalue weighted by Crippen LogP contribution is 2.43. The van der Waals surface area contributed by atoms with E-state index in [2.05, 4.69) is 43.4 Å². The van der Waals surface area contributed by atoms with Crippen molar-refractivity contribution in [2.24, 2.45) is 11.8 Å². The largest absolute Gasteiger partial charge is 0.453 e. The number of thiophene rings is 2. The normalized spacial score (nSPS) is 18.2. The Morgan fingerprint density at radius 1 is 0.796 bits per heavy atom. The van der Waals surface area contributed by atoms with E-state index in [4.69, 9.17) is 9.47 Å². The average Bonchev–Trinajstić information content (AvgIpc) is 4.01. The van der Waals surface area contributed by atoms with Crippen molar-refractivity contribution >= 4 is 67.7 Å². The third-order valence-corrected chi connectivity index (χ3v) is 12.3. The summed E-state index contributed by atoms with van der Waals surface area (Å²) in [5.41, 5.74) is 4.58. The molecule has 3 aromatic heterocycles. The molecule has 2 fully saturated rings. The van der Waals surface area contributed by atoms with E-state index in [0.29, 0.717) is 37.4 Å². The highest BCUT2D eigenvalue weighted by atomic mass is 32.1. The van der Waals surface area contributed by atoms with Crippen LogP contribution >= 0.6 is 22.7 Å². The quantitative estimate of drug-likeness (QED) is 0.136. The van der Waals surface area contributed by atoms with E-state index in [1.54, 1.807) is 38.7 Å². The van der Waals surface area contributed by atoms with E-state index in [-0.39, 0.29) is 35.6 Å². The summed E-state index contributed by atoms with van der Waals surface area (Å²) in [5.74, 6) is -0.293. The fourth-order valence-corrected chi connectivity index (χ4v) is 9.49. The van der Waals surface area contributed by atoms with Crippen molar-refractivity contribution in [1.82, 2.24) is 30.4 Å². The van der Waals surface area contributed by atoms with Crippen LogP contribution in [0.1, 0.15) is 65.2 Å². The molecule has 16 heteroatoms. The Hall–Kier alpha value is -4.96. The SMILES string of the molecule is COC(=O)N[C@H](C(=O)N1CCCC1c1ncc(-c2ccc(-c3csc4c(NC(=O)[C@@H]5CCCN5C(=O)[C@@H](NC(=O)OC)C(C)C)csc34)cc2)[nH]1)C(C)C. The second kappa shape index (κ2) is 16.6. The number of rotatable bonds is 11. The van der Waals surface area contributed by atoms with E-state index in [9.17, 15) is 24.0 Å². The summed E-state index contributed by atoms with van der Waals surface area (Å²) in [7, 11) is 2.53. The van der Waals surface area contributed by atoms with E-state index < -0.39 is 30.3 Å². The number of hydrogen-bond acceptors (Lipinski definition) is 10. The van der Waals surface area contributed by atoms with Crippen molar-refractivity contribution in [1.29, 1.82) is 0 Å². The highest BCUT2D eigenvalue weighted by molar-refractivity contribution is 7.28. The van der Waals surface area contributed by atoms with Gasteiger partial charge in [0.1, 0.15) is 23.9 Å². The van der Waals surface area contributed by atoms with E-state index in [0.717, 1.165) is 44.6 Å². The van der Waals surface area contributed by atoms with Gasteiger partial charge in [-0.25, -0.2) is 14.6 Å². The number of amides is 5. The predicted octanol–water partition coefficient (Wildman–Crippen LogP) is 6.37. The van der Waals surface area contributed by atoms with Crippen LogP contribution in [-0.2, 0) is 23.9 Å². The zero-order valence-electron chi connectivity index (χ0n) is 31.3. The number of hydrogen-bond donors (Lipinski definition) is 4. The zero-order valence-corrected chi connectivity index (χ0v) is 32.9. The minimum absolute atomic E-state index is 0.116. The molecule has 0 spiro atoms. The molecule has 288 valence electrons. The molecule has 6 rings (SSSR count). The number of carbonyl (C=O) groups excluding carboxylic acids is 5. The van der Waals surface area contributed by atoms with Crippen LogP contribution < -0.4 is 16.0 Å². The van der Waals surface area contributed by atoms with Crippen molar-refractivity contribution in [2.45, 2.75) is 77.5 Å². The van der Waals surface area contributed by atoms with Gasteiger partial charge in [0.2, 0.25) is 17.7 Å². The lowest BCUT2D eigenvalue weighted by Crippen LogP contribution is -2.54. The van der Waals surface area contributed by atoms with E-state index in [1.807, 2.05) is 45.2 Å². The van der Waals surface area contributed by atoms with Crippen LogP contribution in [0.5, 0.6) is 0 Å². The summed E-state index contributed by atoms with van der Waals surface area (Å²) in [5, 5.41) is 12.4. The lowest BCUT2D eigenvalue weighted by Gasteiger charge is -2.30. The van der Waals surface area contributed by atoms with Crippen LogP contribution in [0.2, 0.25) is 0 Å². The molecule has 4 atom stereocenters. The molecule has 54 heavy (non-hydrogen) atoms. The number of likely N-dealkylation sites (tertiary alicyclic amines) is 2. The Kier molecular flexibility index (Phi) is 11.9. The van der Waals surface area contributed by atoms with Gasteiger partial charge in [-0.15, -0.1) is 22.7 Å². The van der Waals surface area contributed by atoms with Crippen LogP contribution in [0, 0.1) is 11.8 Å². The summed E-state index contributed by atoms with van der Waals surface area (Å²) in [6.07, 6.45) is 3.30. The number of aromatic amines is 1. The van der Waals surface area contributed by atoms with Crippen LogP contribution in [-0.4, -0.2) is 95.1 Å². The first-order chi connectivity index (χ1) is 25.9. The predicted molar refractivity (Wildman–Crippen MR) is 208 cm³/mol. The summed E-state index contributed by atoms with van der Waals surface area (Å²) in [6.45, 7) is 8.49. The van der Waals surface area contributed by atoms with Crippen molar-refractivity contribution in [2.75, 3.05) is 32.6 Å². The summed E-state index contributed by atoms with van der Waals surface area (Å²) in [4.78, 5) is 75.9. The number of aromatic nitrogens is 2. The number of benzene rings is 1. The number of alkyl carbamates (subject to hydrolysis) is 2. The summed E-state index contributed by atoms with van der Waals surface area (Å²) >= 11 is 3.11. The molecule has 5 heterocycles. The number of nitrogens with one attached hydrogen (secondary N) is 4. The van der Waals surface area contributed by atoms with Gasteiger partial charge in [-0.2, -0.15) is 0 Å². The van der Waals surface area contributed by atoms with Gasteiger partial charge in [-0.3, -0.25) is 14.4 Å². The molecule has 2 saturated heterocycles. The molecule has 0 aliphatic carbocycles. The van der Waals surface area contributed by atoms with Gasteiger partial charge < -0.3 is 40.2 Å². The number of anilines is 1. The maximum Gasteiger partial charge on any atom is 0.407 e. The first kappa shape index (κ1) is 38.8. The molecule has 1 unspecified atom stereocenters. The fourth-order valence-electron chi connectivity index (χ4n) is 7.18. The molecule has 1 aromatic carbocycles. The molecule has 2 aliphatic heterocycles. The third kappa shape index (κ3) is 7.94. The number of methoxy groups -OCH3 is 2. The molecular weight excluding hydrogens is 731 g/mol. The van der Waals surface area contributed by atoms with Gasteiger partial charge in [-0.05, 0) is 48.6 Å². The standard InChI is InChI=1S/C38H47N7O7S2/c1-20(2)29(42-37(49)51-5)35(47)44-15-7-9-27(44)33-39-17-25(40-33)23-13-11-22(12-14-23)24-18-53-32-26(19-54-31(24)32)41-34(46)28-10-8-16-45(28)36(48)30(21(3)4)43-38(50)52-6/h11-14,17-21,27-30H,7-10,15-16H2,1-6H3,(H,39,40)(H,41,46)(H,42,49)(H,43,50)/t27?,28-,29-,30-/m0/s1. The van der Waals surface area contributed by atoms with E-state index in [1.165, 1.54) is 14.2 Å². The molecule has 0 bridgehead atoms. The van der Waals surface area contributed by atoms with Gasteiger partial charge >= 0.3 is 12.2 Å². The number of fused-ring (bicyclic) bond motifs is 1. The van der Waals surface area contributed by atoms with E-state index >= 15 is 0 Å². The first-order valence-electron chi connectivity index (χ1n) is 18.2. The van der Waals surface area contributed by atoms with Gasteiger partial charge in [0.25, 0.3) is 0 Å². The fraction of sp³-hybridized carbons (Fsp3) is 0.474. The van der Waals surface area contributed by atoms with Crippen molar-refractivity contribution in [3.05, 3.63) is 47.0 Å². The molecule has 14 nitrogen and oxygen atoms in total. The van der Waals surface area contributed by atoms with Gasteiger partial charge in [0.05, 0.1) is 47.2 Å². The van der Waals surface area contributed by atoms with Gasteiger partial charge in [0.15, 0.2) is 0 Å². The molecule has 2 aliphatic rings. The first-order valence-corrected chi connectivity index (χ1v) is 19.9. The van der Waals surface area contributed by atoms with Crippen LogP contribution in [0.15, 0.2) is 41.2 Å². The Bertz CT molecular complexity index is 2000. The number of imidazole rings is 1. The summed E-state index contributed by atoms with van der Waals surface area (Å²) < 4.78 is 11.5. The smallest absolute Gasteiger partial charge is 0.407 e. The Balaban J connectivity index is 1.13. The maximum atomic E-state index is 13.6. The Morgan fingerprint density at radius 3 is 2.00 bits per heavy atom. The summed E-state index contributed by atoms with van der Waals surface area (Å²) in [6, 6.07) is 5.82. The van der Waals surface area contributed by atoms with Crippen LogP contribution in [0.3, 0.4) is 0 Å². The molecule has 0 saturated carbocycles. The van der Waals surface area contributed by atoms with Crippen LogP contribution in [0.25, 0.3) is 31.8 Å². The van der Waals surface area contributed by atoms with Crippen molar-refractivity contribution in [3.8, 4) is 22.4 Å². The number of ether oxygens (including phenoxy) is 2. The van der Waals surface area contributed by atoms with Gasteiger partial charge in [0, 0.05) is 29.4 Å². The molecule has 4 aromatic rings. The lowest BCUT2D eigenvalue weighted by atomic mass is 10.0. The second-order valence-electron chi connectivity index (χ2n) is 14.3. The minimum Gasteiger partial charge on any atom is -0.453 e. The Morgan fingerprint density at radius 2 is 1.37 bits per heavy atom. The third-order valence-electron chi connectivity index (χ3n) is 10.1. The molecule has 4 N–H and O–H groups in total. The minimum atomic E-state index is -0.797. The number of H-pyrrole nitrogens is 1. The second-order valence-corrected chi connectivity index (χ2v) is 16.1. The Labute approximate surface area is 322 Å². The highest BCUT2D eigenvalue weighted by Gasteiger charge is 2.40. The van der Waals surface area contributed by atoms with Gasteiger partial charge in [-0.1, -0.05) is 52.0 Å². The lowest BCUT2D eigenvalue weighted by molar-refractivity contribution is -0.139. The maximum absolute atomic E-state index is 13.6. The van der Waals surface area contributed by atoms with Crippen LogP contribution in [0.4, 0.5) is 15.3 Å². The number of carbonyl (C=O) groups is 5. The number of nitrogens with zero attached hydrogens (tertiary/aromatic N) is 3. The average molecular weight is 778 g/mol. The monoisotopic (exact) mass is 777 g/mol. The topological polar surface area (TPSA) is 175 Å². The van der Waals surface area contributed by atoms with Crippen molar-refractivity contribution < 1.29 is 33.4 Å². The van der Waals surface area contributed by atoms with Crippen molar-refractivity contribution in [3.63, 3.8) is 0 Å².